The lowest BCUT2D eigenvalue weighted by molar-refractivity contribution is -0.113. The van der Waals surface area contributed by atoms with Crippen molar-refractivity contribution in [3.05, 3.63) is 70.0 Å². The van der Waals surface area contributed by atoms with Gasteiger partial charge in [0.15, 0.2) is 0 Å². The van der Waals surface area contributed by atoms with Crippen molar-refractivity contribution in [2.45, 2.75) is 5.16 Å². The molecule has 0 radical (unpaired) electrons. The standard InChI is InChI=1S/C21H16BrN5O3S2/c1-30-20(29)17-16(13-8-4-2-5-9-13)18(22)32-19(17)23-15(28)12-31-21-24-25-26-27(21)14-10-6-3-7-11-14/h2-11H,12H2,1H3,(H,23,28). The highest BCUT2D eigenvalue weighted by Gasteiger charge is 2.26. The van der Waals surface area contributed by atoms with Gasteiger partial charge in [0.2, 0.25) is 11.1 Å². The average Bonchev–Trinajstić information content (AvgIpc) is 3.42. The van der Waals surface area contributed by atoms with Crippen LogP contribution in [0, 0.1) is 0 Å². The summed E-state index contributed by atoms with van der Waals surface area (Å²) in [6.45, 7) is 0. The molecule has 4 aromatic rings. The van der Waals surface area contributed by atoms with Crippen LogP contribution in [0.5, 0.6) is 0 Å². The molecule has 162 valence electrons. The minimum Gasteiger partial charge on any atom is -0.465 e. The van der Waals surface area contributed by atoms with Gasteiger partial charge >= 0.3 is 5.97 Å². The fraction of sp³-hybridized carbons (Fsp3) is 0.0952. The van der Waals surface area contributed by atoms with E-state index in [4.69, 9.17) is 4.74 Å². The number of anilines is 1. The maximum atomic E-state index is 12.7. The number of hydrogen-bond acceptors (Lipinski definition) is 8. The number of rotatable bonds is 7. The van der Waals surface area contributed by atoms with Crippen molar-refractivity contribution in [2.24, 2.45) is 0 Å². The van der Waals surface area contributed by atoms with Crippen molar-refractivity contribution >= 4 is 55.9 Å². The van der Waals surface area contributed by atoms with Gasteiger partial charge in [-0.05, 0) is 44.1 Å². The molecule has 2 aromatic carbocycles. The lowest BCUT2D eigenvalue weighted by Gasteiger charge is -2.08. The number of benzene rings is 2. The molecule has 2 aromatic heterocycles. The van der Waals surface area contributed by atoms with Crippen LogP contribution in [0.1, 0.15) is 10.4 Å². The first-order valence-electron chi connectivity index (χ1n) is 9.31. The lowest BCUT2D eigenvalue weighted by atomic mass is 10.0. The number of carbonyl (C=O) groups excluding carboxylic acids is 2. The maximum Gasteiger partial charge on any atom is 0.341 e. The molecule has 2 heterocycles. The predicted octanol–water partition coefficient (Wildman–Crippen LogP) is 4.67. The Morgan fingerprint density at radius 3 is 2.50 bits per heavy atom. The Morgan fingerprint density at radius 2 is 1.81 bits per heavy atom. The number of thioether (sulfide) groups is 1. The number of esters is 1. The Morgan fingerprint density at radius 1 is 1.12 bits per heavy atom. The largest absolute Gasteiger partial charge is 0.465 e. The summed E-state index contributed by atoms with van der Waals surface area (Å²) in [5.74, 6) is -0.762. The fourth-order valence-corrected chi connectivity index (χ4v) is 5.50. The van der Waals surface area contributed by atoms with E-state index in [0.29, 0.717) is 21.3 Å². The fourth-order valence-electron chi connectivity index (χ4n) is 2.94. The Kier molecular flexibility index (Phi) is 6.98. The number of ether oxygens (including phenoxy) is 1. The Hall–Kier alpha value is -3.02. The summed E-state index contributed by atoms with van der Waals surface area (Å²) < 4.78 is 7.26. The molecule has 4 rings (SSSR count). The van der Waals surface area contributed by atoms with E-state index in [-0.39, 0.29) is 11.7 Å². The van der Waals surface area contributed by atoms with Gasteiger partial charge in [-0.1, -0.05) is 60.3 Å². The van der Waals surface area contributed by atoms with Crippen LogP contribution in [0.3, 0.4) is 0 Å². The molecule has 1 N–H and O–H groups in total. The molecular formula is C21H16BrN5O3S2. The third kappa shape index (κ3) is 4.74. The molecule has 0 aliphatic rings. The molecule has 32 heavy (non-hydrogen) atoms. The van der Waals surface area contributed by atoms with Crippen LogP contribution in [-0.2, 0) is 9.53 Å². The smallest absolute Gasteiger partial charge is 0.341 e. The molecular weight excluding hydrogens is 514 g/mol. The zero-order valence-corrected chi connectivity index (χ0v) is 19.9. The zero-order chi connectivity index (χ0) is 22.5. The van der Waals surface area contributed by atoms with Crippen LogP contribution in [-0.4, -0.2) is 44.9 Å². The van der Waals surface area contributed by atoms with Crippen LogP contribution in [0.25, 0.3) is 16.8 Å². The normalized spacial score (nSPS) is 10.7. The molecule has 0 aliphatic heterocycles. The van der Waals surface area contributed by atoms with Gasteiger partial charge in [-0.15, -0.1) is 16.4 Å². The van der Waals surface area contributed by atoms with E-state index in [2.05, 4.69) is 36.8 Å². The van der Waals surface area contributed by atoms with Crippen LogP contribution < -0.4 is 5.32 Å². The van der Waals surface area contributed by atoms with Crippen molar-refractivity contribution in [2.75, 3.05) is 18.2 Å². The average molecular weight is 530 g/mol. The second kappa shape index (κ2) is 10.1. The molecule has 0 spiro atoms. The highest BCUT2D eigenvalue weighted by molar-refractivity contribution is 9.11. The number of halogens is 1. The van der Waals surface area contributed by atoms with Crippen LogP contribution in [0.2, 0.25) is 0 Å². The maximum absolute atomic E-state index is 12.7. The van der Waals surface area contributed by atoms with Gasteiger partial charge in [-0.25, -0.2) is 4.79 Å². The molecule has 0 aliphatic carbocycles. The summed E-state index contributed by atoms with van der Waals surface area (Å²) in [5, 5.41) is 15.4. The van der Waals surface area contributed by atoms with E-state index in [9.17, 15) is 9.59 Å². The summed E-state index contributed by atoms with van der Waals surface area (Å²) in [7, 11) is 1.31. The molecule has 0 saturated carbocycles. The third-order valence-electron chi connectivity index (χ3n) is 4.34. The van der Waals surface area contributed by atoms with E-state index < -0.39 is 5.97 Å². The Balaban J connectivity index is 1.53. The number of hydrogen-bond donors (Lipinski definition) is 1. The molecule has 0 unspecified atom stereocenters. The highest BCUT2D eigenvalue weighted by atomic mass is 79.9. The molecule has 0 atom stereocenters. The lowest BCUT2D eigenvalue weighted by Crippen LogP contribution is -2.16. The summed E-state index contributed by atoms with van der Waals surface area (Å²) in [6.07, 6.45) is 0. The van der Waals surface area contributed by atoms with Gasteiger partial charge in [0.25, 0.3) is 0 Å². The van der Waals surface area contributed by atoms with Crippen LogP contribution in [0.4, 0.5) is 5.00 Å². The first-order valence-corrected chi connectivity index (χ1v) is 11.9. The highest BCUT2D eigenvalue weighted by Crippen LogP contribution is 2.44. The van der Waals surface area contributed by atoms with Crippen molar-refractivity contribution in [1.29, 1.82) is 0 Å². The SMILES string of the molecule is COC(=O)c1c(NC(=O)CSc2nnnn2-c2ccccc2)sc(Br)c1-c1ccccc1. The molecule has 0 saturated heterocycles. The monoisotopic (exact) mass is 529 g/mol. The summed E-state index contributed by atoms with van der Waals surface area (Å²) >= 11 is 5.98. The quantitative estimate of drug-likeness (QED) is 0.274. The van der Waals surface area contributed by atoms with E-state index in [1.165, 1.54) is 30.2 Å². The zero-order valence-electron chi connectivity index (χ0n) is 16.7. The minimum absolute atomic E-state index is 0.0595. The van der Waals surface area contributed by atoms with E-state index in [1.807, 2.05) is 60.7 Å². The molecule has 11 heteroatoms. The Labute approximate surface area is 200 Å². The first kappa shape index (κ1) is 22.2. The van der Waals surface area contributed by atoms with E-state index in [0.717, 1.165) is 15.0 Å². The Bertz CT molecular complexity index is 1250. The third-order valence-corrected chi connectivity index (χ3v) is 7.04. The number of methoxy groups -OCH3 is 1. The number of nitrogens with one attached hydrogen (secondary N) is 1. The van der Waals surface area contributed by atoms with Gasteiger partial charge in [0, 0.05) is 5.56 Å². The molecule has 1 amide bonds. The molecule has 8 nitrogen and oxygen atoms in total. The van der Waals surface area contributed by atoms with E-state index >= 15 is 0 Å². The first-order chi connectivity index (χ1) is 15.6. The van der Waals surface area contributed by atoms with Crippen LogP contribution in [0.15, 0.2) is 69.6 Å². The van der Waals surface area contributed by atoms with Gasteiger partial charge in [0.05, 0.1) is 22.3 Å². The second-order valence-electron chi connectivity index (χ2n) is 6.36. The van der Waals surface area contributed by atoms with Gasteiger partial charge in [0.1, 0.15) is 10.6 Å². The van der Waals surface area contributed by atoms with Crippen LogP contribution >= 0.6 is 39.0 Å². The number of amides is 1. The summed E-state index contributed by atoms with van der Waals surface area (Å²) in [4.78, 5) is 25.3. The number of aromatic nitrogens is 4. The van der Waals surface area contributed by atoms with E-state index in [1.54, 1.807) is 4.68 Å². The van der Waals surface area contributed by atoms with Crippen molar-refractivity contribution in [3.8, 4) is 16.8 Å². The van der Waals surface area contributed by atoms with Crippen molar-refractivity contribution in [3.63, 3.8) is 0 Å². The molecule has 0 fully saturated rings. The second-order valence-corrected chi connectivity index (χ2v) is 9.64. The number of nitrogens with zero attached hydrogens (tertiary/aromatic N) is 4. The number of thiophene rings is 1. The van der Waals surface area contributed by atoms with Gasteiger partial charge < -0.3 is 10.1 Å². The molecule has 0 bridgehead atoms. The summed E-state index contributed by atoms with van der Waals surface area (Å²) in [5.41, 5.74) is 2.62. The van der Waals surface area contributed by atoms with Crippen molar-refractivity contribution < 1.29 is 14.3 Å². The number of carbonyl (C=O) groups is 2. The van der Waals surface area contributed by atoms with Crippen molar-refractivity contribution in [1.82, 2.24) is 20.2 Å². The predicted molar refractivity (Wildman–Crippen MR) is 127 cm³/mol. The summed E-state index contributed by atoms with van der Waals surface area (Å²) in [6, 6.07) is 18.8. The van der Waals surface area contributed by atoms with Gasteiger partial charge in [-0.3, -0.25) is 4.79 Å². The number of tetrazole rings is 1. The minimum atomic E-state index is -0.526. The topological polar surface area (TPSA) is 99.0 Å². The number of para-hydroxylation sites is 1. The van der Waals surface area contributed by atoms with Gasteiger partial charge in [-0.2, -0.15) is 4.68 Å².